The highest BCUT2D eigenvalue weighted by Gasteiger charge is 2.69. The quantitative estimate of drug-likeness (QED) is 0.474. The van der Waals surface area contributed by atoms with Crippen LogP contribution < -0.4 is 4.90 Å². The third kappa shape index (κ3) is 3.17. The second-order valence-corrected chi connectivity index (χ2v) is 9.39. The van der Waals surface area contributed by atoms with Gasteiger partial charge in [-0.3, -0.25) is 19.1 Å². The molecule has 0 aromatic heterocycles. The first-order chi connectivity index (χ1) is 14.9. The smallest absolute Gasteiger partial charge is 0.307 e. The molecule has 0 aliphatic carbocycles. The molecule has 2 aromatic carbocycles. The van der Waals surface area contributed by atoms with Gasteiger partial charge in [-0.05, 0) is 43.7 Å². The summed E-state index contributed by atoms with van der Waals surface area (Å²) in [4.78, 5) is 32.3. The van der Waals surface area contributed by atoms with Crippen LogP contribution in [-0.4, -0.2) is 31.2 Å². The molecule has 0 bridgehead atoms. The predicted molar refractivity (Wildman–Crippen MR) is 113 cm³/mol. The number of carbonyl (C=O) groups excluding carboxylic acids is 2. The Morgan fingerprint density at radius 1 is 1.00 bits per heavy atom. The molecule has 0 radical (unpaired) electrons. The summed E-state index contributed by atoms with van der Waals surface area (Å²) in [7, 11) is -4.04. The van der Waals surface area contributed by atoms with Crippen LogP contribution in [0.3, 0.4) is 0 Å². The Balaban J connectivity index is 1.89. The maximum atomic E-state index is 14.1. The highest BCUT2D eigenvalue weighted by Crippen LogP contribution is 2.72. The van der Waals surface area contributed by atoms with Gasteiger partial charge in [-0.1, -0.05) is 30.3 Å². The molecular weight excluding hydrogens is 422 g/mol. The molecule has 2 aliphatic rings. The standard InChI is InChI=1S/C22H22FN2O5P/c1-3-29-31(28,30-4-2)22(15-8-6-5-7-9-15)19-18(14-24-22)20(26)25(21(19)27)17-12-10-16(23)11-13-17/h5-14,18-19H,3-4H2,1-2H3. The van der Waals surface area contributed by atoms with Crippen LogP contribution in [0.5, 0.6) is 0 Å². The molecule has 4 rings (SSSR count). The van der Waals surface area contributed by atoms with Gasteiger partial charge in [-0.25, -0.2) is 9.29 Å². The van der Waals surface area contributed by atoms with Crippen LogP contribution in [0.2, 0.25) is 0 Å². The highest BCUT2D eigenvalue weighted by molar-refractivity contribution is 7.55. The molecule has 1 saturated heterocycles. The Morgan fingerprint density at radius 3 is 2.19 bits per heavy atom. The van der Waals surface area contributed by atoms with Crippen molar-refractivity contribution in [2.75, 3.05) is 18.1 Å². The van der Waals surface area contributed by atoms with Crippen LogP contribution >= 0.6 is 7.60 Å². The highest BCUT2D eigenvalue weighted by atomic mass is 31.2. The maximum absolute atomic E-state index is 14.1. The summed E-state index contributed by atoms with van der Waals surface area (Å²) in [6, 6.07) is 13.7. The number of rotatable bonds is 7. The molecule has 31 heavy (non-hydrogen) atoms. The van der Waals surface area contributed by atoms with Gasteiger partial charge in [0.25, 0.3) is 0 Å². The van der Waals surface area contributed by atoms with Crippen molar-refractivity contribution < 1.29 is 27.6 Å². The lowest BCUT2D eigenvalue weighted by atomic mass is 9.87. The first-order valence-corrected chi connectivity index (χ1v) is 11.6. The summed E-state index contributed by atoms with van der Waals surface area (Å²) in [5.74, 6) is -3.63. The first-order valence-electron chi connectivity index (χ1n) is 10.0. The molecule has 2 amide bonds. The number of carbonyl (C=O) groups is 2. The molecule has 0 N–H and O–H groups in total. The number of hydrogen-bond donors (Lipinski definition) is 0. The minimum atomic E-state index is -4.04. The summed E-state index contributed by atoms with van der Waals surface area (Å²) in [6.07, 6.45) is 1.37. The zero-order valence-corrected chi connectivity index (χ0v) is 18.0. The second kappa shape index (κ2) is 8.11. The van der Waals surface area contributed by atoms with E-state index < -0.39 is 42.3 Å². The zero-order valence-electron chi connectivity index (χ0n) is 17.1. The fourth-order valence-electron chi connectivity index (χ4n) is 4.29. The van der Waals surface area contributed by atoms with E-state index in [4.69, 9.17) is 9.05 Å². The SMILES string of the molecule is CCOP(=O)(OCC)C1(c2ccccc2)N=CC2C(=O)N(c3ccc(F)cc3)C(=O)C21. The summed E-state index contributed by atoms with van der Waals surface area (Å²) < 4.78 is 38.8. The molecule has 0 spiro atoms. The Kier molecular flexibility index (Phi) is 5.64. The maximum Gasteiger partial charge on any atom is 0.363 e. The van der Waals surface area contributed by atoms with Crippen molar-refractivity contribution in [2.24, 2.45) is 16.8 Å². The third-order valence-corrected chi connectivity index (χ3v) is 8.20. The molecule has 2 aliphatic heterocycles. The van der Waals surface area contributed by atoms with E-state index in [0.717, 1.165) is 4.90 Å². The molecular formula is C22H22FN2O5P. The lowest BCUT2D eigenvalue weighted by Gasteiger charge is -2.37. The molecule has 3 unspecified atom stereocenters. The van der Waals surface area contributed by atoms with Gasteiger partial charge in [0, 0.05) is 6.21 Å². The Bertz CT molecular complexity index is 1070. The topological polar surface area (TPSA) is 85.3 Å². The van der Waals surface area contributed by atoms with Gasteiger partial charge < -0.3 is 9.05 Å². The number of nitrogens with zero attached hydrogens (tertiary/aromatic N) is 2. The lowest BCUT2D eigenvalue weighted by Crippen LogP contribution is -2.40. The fourth-order valence-corrected chi connectivity index (χ4v) is 6.73. The van der Waals surface area contributed by atoms with Crippen molar-refractivity contribution in [2.45, 2.75) is 19.1 Å². The van der Waals surface area contributed by atoms with Gasteiger partial charge in [0.05, 0.1) is 30.7 Å². The zero-order chi connectivity index (χ0) is 22.2. The first kappa shape index (κ1) is 21.6. The summed E-state index contributed by atoms with van der Waals surface area (Å²) in [5.41, 5.74) is 0.704. The molecule has 7 nitrogen and oxygen atoms in total. The van der Waals surface area contributed by atoms with E-state index >= 15 is 0 Å². The number of amides is 2. The van der Waals surface area contributed by atoms with E-state index in [-0.39, 0.29) is 18.9 Å². The summed E-state index contributed by atoms with van der Waals surface area (Å²) >= 11 is 0. The van der Waals surface area contributed by atoms with Crippen LogP contribution in [-0.2, 0) is 28.5 Å². The number of fused-ring (bicyclic) bond motifs is 1. The van der Waals surface area contributed by atoms with E-state index in [1.165, 1.54) is 30.5 Å². The van der Waals surface area contributed by atoms with Crippen molar-refractivity contribution in [3.05, 3.63) is 66.0 Å². The van der Waals surface area contributed by atoms with Gasteiger partial charge in [0.15, 0.2) is 5.28 Å². The van der Waals surface area contributed by atoms with Crippen molar-refractivity contribution in [3.63, 3.8) is 0 Å². The minimum Gasteiger partial charge on any atom is -0.307 e. The van der Waals surface area contributed by atoms with Crippen molar-refractivity contribution in [3.8, 4) is 0 Å². The van der Waals surface area contributed by atoms with E-state index in [1.54, 1.807) is 44.2 Å². The van der Waals surface area contributed by atoms with Gasteiger partial charge in [0.2, 0.25) is 11.8 Å². The van der Waals surface area contributed by atoms with Crippen molar-refractivity contribution >= 4 is 31.3 Å². The molecule has 3 atom stereocenters. The number of hydrogen-bond acceptors (Lipinski definition) is 6. The van der Waals surface area contributed by atoms with Crippen LogP contribution in [0, 0.1) is 17.7 Å². The average molecular weight is 444 g/mol. The number of aliphatic imine (C=N–C) groups is 1. The van der Waals surface area contributed by atoms with E-state index in [1.807, 2.05) is 0 Å². The normalized spacial score (nSPS) is 25.3. The van der Waals surface area contributed by atoms with Gasteiger partial charge >= 0.3 is 7.60 Å². The van der Waals surface area contributed by atoms with Crippen molar-refractivity contribution in [1.29, 1.82) is 0 Å². The second-order valence-electron chi connectivity index (χ2n) is 7.20. The lowest BCUT2D eigenvalue weighted by molar-refractivity contribution is -0.123. The molecule has 162 valence electrons. The largest absolute Gasteiger partial charge is 0.363 e. The molecule has 0 saturated carbocycles. The summed E-state index contributed by atoms with van der Waals surface area (Å²) in [6.45, 7) is 3.49. The minimum absolute atomic E-state index is 0.0720. The van der Waals surface area contributed by atoms with Crippen LogP contribution in [0.1, 0.15) is 19.4 Å². The van der Waals surface area contributed by atoms with Gasteiger partial charge in [-0.2, -0.15) is 0 Å². The fraction of sp³-hybridized carbons (Fsp3) is 0.318. The van der Waals surface area contributed by atoms with E-state index in [9.17, 15) is 18.5 Å². The Morgan fingerprint density at radius 2 is 1.61 bits per heavy atom. The number of halogens is 1. The predicted octanol–water partition coefficient (Wildman–Crippen LogP) is 4.13. The van der Waals surface area contributed by atoms with Crippen molar-refractivity contribution in [1.82, 2.24) is 0 Å². The molecule has 2 aromatic rings. The molecule has 1 fully saturated rings. The monoisotopic (exact) mass is 444 g/mol. The Labute approximate surface area is 179 Å². The van der Waals surface area contributed by atoms with E-state index in [0.29, 0.717) is 5.56 Å². The van der Waals surface area contributed by atoms with Crippen LogP contribution in [0.4, 0.5) is 10.1 Å². The summed E-state index contributed by atoms with van der Waals surface area (Å²) in [5, 5.41) is -1.70. The number of benzene rings is 2. The number of anilines is 1. The third-order valence-electron chi connectivity index (χ3n) is 5.52. The van der Waals surface area contributed by atoms with Gasteiger partial charge in [0.1, 0.15) is 5.82 Å². The van der Waals surface area contributed by atoms with Crippen LogP contribution in [0.15, 0.2) is 59.6 Å². The van der Waals surface area contributed by atoms with Crippen LogP contribution in [0.25, 0.3) is 0 Å². The van der Waals surface area contributed by atoms with Gasteiger partial charge in [-0.15, -0.1) is 0 Å². The molecule has 2 heterocycles. The average Bonchev–Trinajstić information content (AvgIpc) is 3.28. The van der Waals surface area contributed by atoms with E-state index in [2.05, 4.69) is 4.99 Å². The number of imide groups is 1. The molecule has 9 heteroatoms. The Hall–Kier alpha value is -2.67.